The number of hydrogen-bond acceptors (Lipinski definition) is 5. The van der Waals surface area contributed by atoms with Gasteiger partial charge < -0.3 is 25.4 Å². The topological polar surface area (TPSA) is 73.8 Å². The Morgan fingerprint density at radius 3 is 2.71 bits per heavy atom. The van der Waals surface area contributed by atoms with Gasteiger partial charge in [-0.25, -0.2) is 0 Å². The Morgan fingerprint density at radius 1 is 1.38 bits per heavy atom. The number of aliphatic hydroxyl groups excluding tert-OH is 1. The number of carbonyl (C=O) groups excluding carboxylic acids is 1. The summed E-state index contributed by atoms with van der Waals surface area (Å²) >= 11 is 0. The fourth-order valence-corrected chi connectivity index (χ4v) is 2.35. The summed E-state index contributed by atoms with van der Waals surface area (Å²) in [6, 6.07) is 7.40. The molecule has 0 saturated carbocycles. The summed E-state index contributed by atoms with van der Waals surface area (Å²) in [5.74, 6) is 0.712. The molecule has 1 aromatic carbocycles. The van der Waals surface area contributed by atoms with Crippen molar-refractivity contribution in [3.63, 3.8) is 0 Å². The van der Waals surface area contributed by atoms with Gasteiger partial charge in [-0.1, -0.05) is 18.2 Å². The van der Waals surface area contributed by atoms with E-state index in [1.807, 2.05) is 38.4 Å². The highest BCUT2D eigenvalue weighted by atomic mass is 35.5. The average molecular weight is 380 g/mol. The first-order valence-electron chi connectivity index (χ1n) is 7.61. The number of amides is 1. The quantitative estimate of drug-likeness (QED) is 0.653. The van der Waals surface area contributed by atoms with Crippen molar-refractivity contribution in [1.82, 2.24) is 15.5 Å². The molecule has 2 unspecified atom stereocenters. The van der Waals surface area contributed by atoms with Crippen LogP contribution in [0.3, 0.4) is 0 Å². The fraction of sp³-hybridized carbons (Fsp3) is 0.562. The molecule has 0 bridgehead atoms. The zero-order valence-corrected chi connectivity index (χ0v) is 15.7. The lowest BCUT2D eigenvalue weighted by Crippen LogP contribution is -2.40. The van der Waals surface area contributed by atoms with Gasteiger partial charge in [0.25, 0.3) is 0 Å². The van der Waals surface area contributed by atoms with E-state index in [0.717, 1.165) is 17.9 Å². The number of β-amino-alcohol motifs (C(OH)–C–C–N with tert-alkyl or cyclic N) is 1. The van der Waals surface area contributed by atoms with Gasteiger partial charge in [-0.2, -0.15) is 0 Å². The van der Waals surface area contributed by atoms with E-state index < -0.39 is 6.10 Å². The molecule has 1 aliphatic rings. The maximum atomic E-state index is 12.0. The SMILES string of the molecule is CN(C)CCOc1ccccc1CNC(=O)C1CC(O)CN1.Cl.Cl. The fourth-order valence-electron chi connectivity index (χ4n) is 2.35. The lowest BCUT2D eigenvalue weighted by atomic mass is 10.1. The third-order valence-corrected chi connectivity index (χ3v) is 3.65. The molecule has 1 aromatic rings. The lowest BCUT2D eigenvalue weighted by Gasteiger charge is -2.15. The van der Waals surface area contributed by atoms with Crippen LogP contribution in [0.4, 0.5) is 0 Å². The summed E-state index contributed by atoms with van der Waals surface area (Å²) in [5.41, 5.74) is 0.952. The minimum atomic E-state index is -0.433. The van der Waals surface area contributed by atoms with Gasteiger partial charge in [0.15, 0.2) is 0 Å². The van der Waals surface area contributed by atoms with Crippen LogP contribution in [-0.2, 0) is 11.3 Å². The molecule has 6 nitrogen and oxygen atoms in total. The zero-order valence-electron chi connectivity index (χ0n) is 14.0. The maximum absolute atomic E-state index is 12.0. The molecule has 0 radical (unpaired) electrons. The Bertz CT molecular complexity index is 503. The van der Waals surface area contributed by atoms with Crippen molar-refractivity contribution in [3.8, 4) is 5.75 Å². The van der Waals surface area contributed by atoms with Crippen LogP contribution in [0.25, 0.3) is 0 Å². The maximum Gasteiger partial charge on any atom is 0.237 e. The predicted octanol–water partition coefficient (Wildman–Crippen LogP) is 0.810. The van der Waals surface area contributed by atoms with Gasteiger partial charge >= 0.3 is 0 Å². The first kappa shape index (κ1) is 22.9. The van der Waals surface area contributed by atoms with E-state index in [-0.39, 0.29) is 36.8 Å². The minimum absolute atomic E-state index is 0. The number of para-hydroxylation sites is 1. The second-order valence-corrected chi connectivity index (χ2v) is 5.83. The van der Waals surface area contributed by atoms with Gasteiger partial charge in [0.2, 0.25) is 5.91 Å². The van der Waals surface area contributed by atoms with Gasteiger partial charge in [-0.3, -0.25) is 4.79 Å². The lowest BCUT2D eigenvalue weighted by molar-refractivity contribution is -0.123. The largest absolute Gasteiger partial charge is 0.492 e. The number of aliphatic hydroxyl groups is 1. The Kier molecular flexibility index (Phi) is 11.0. The smallest absolute Gasteiger partial charge is 0.237 e. The van der Waals surface area contributed by atoms with Crippen LogP contribution in [-0.4, -0.2) is 61.9 Å². The third kappa shape index (κ3) is 7.23. The van der Waals surface area contributed by atoms with Crippen molar-refractivity contribution in [3.05, 3.63) is 29.8 Å². The summed E-state index contributed by atoms with van der Waals surface area (Å²) < 4.78 is 5.77. The first-order valence-corrected chi connectivity index (χ1v) is 7.61. The van der Waals surface area contributed by atoms with Crippen LogP contribution in [0.5, 0.6) is 5.75 Å². The van der Waals surface area contributed by atoms with E-state index >= 15 is 0 Å². The highest BCUT2D eigenvalue weighted by Gasteiger charge is 2.27. The van der Waals surface area contributed by atoms with Crippen molar-refractivity contribution in [2.75, 3.05) is 33.8 Å². The third-order valence-electron chi connectivity index (χ3n) is 3.65. The molecule has 24 heavy (non-hydrogen) atoms. The average Bonchev–Trinajstić information content (AvgIpc) is 2.92. The van der Waals surface area contributed by atoms with Gasteiger partial charge in [0.1, 0.15) is 12.4 Å². The molecule has 138 valence electrons. The van der Waals surface area contributed by atoms with E-state index in [2.05, 4.69) is 15.5 Å². The standard InChI is InChI=1S/C16H25N3O3.2ClH/c1-19(2)7-8-22-15-6-4-3-5-12(15)10-18-16(21)14-9-13(20)11-17-14;;/h3-6,13-14,17,20H,7-11H2,1-2H3,(H,18,21);2*1H. The van der Waals surface area contributed by atoms with Gasteiger partial charge in [0.05, 0.1) is 12.1 Å². The van der Waals surface area contributed by atoms with E-state index in [0.29, 0.717) is 26.1 Å². The van der Waals surface area contributed by atoms with Crippen molar-refractivity contribution in [2.45, 2.75) is 25.1 Å². The van der Waals surface area contributed by atoms with Gasteiger partial charge in [-0.05, 0) is 26.6 Å². The molecule has 2 atom stereocenters. The molecular formula is C16H27Cl2N3O3. The molecule has 0 aliphatic carbocycles. The van der Waals surface area contributed by atoms with E-state index in [1.165, 1.54) is 0 Å². The molecular weight excluding hydrogens is 353 g/mol. The number of nitrogens with one attached hydrogen (secondary N) is 2. The second kappa shape index (κ2) is 11.5. The normalized spacial score (nSPS) is 19.3. The number of rotatable bonds is 7. The molecule has 2 rings (SSSR count). The Balaban J connectivity index is 0.00000264. The summed E-state index contributed by atoms with van der Waals surface area (Å²) in [6.07, 6.45) is 0.0321. The van der Waals surface area contributed by atoms with Gasteiger partial charge in [0, 0.05) is 25.2 Å². The van der Waals surface area contributed by atoms with Crippen molar-refractivity contribution in [2.24, 2.45) is 0 Å². The first-order chi connectivity index (χ1) is 10.6. The van der Waals surface area contributed by atoms with Crippen molar-refractivity contribution < 1.29 is 14.6 Å². The molecule has 1 saturated heterocycles. The molecule has 0 aromatic heterocycles. The van der Waals surface area contributed by atoms with E-state index in [9.17, 15) is 9.90 Å². The molecule has 8 heteroatoms. The monoisotopic (exact) mass is 379 g/mol. The summed E-state index contributed by atoms with van der Waals surface area (Å²) in [7, 11) is 4.00. The molecule has 1 aliphatic heterocycles. The van der Waals surface area contributed by atoms with Crippen LogP contribution in [0, 0.1) is 0 Å². The number of ether oxygens (including phenoxy) is 1. The van der Waals surface area contributed by atoms with Crippen LogP contribution < -0.4 is 15.4 Å². The summed E-state index contributed by atoms with van der Waals surface area (Å²) in [4.78, 5) is 14.1. The van der Waals surface area contributed by atoms with Crippen molar-refractivity contribution in [1.29, 1.82) is 0 Å². The van der Waals surface area contributed by atoms with E-state index in [4.69, 9.17) is 4.74 Å². The van der Waals surface area contributed by atoms with Crippen LogP contribution in [0.15, 0.2) is 24.3 Å². The summed E-state index contributed by atoms with van der Waals surface area (Å²) in [5, 5.41) is 15.4. The Morgan fingerprint density at radius 2 is 2.08 bits per heavy atom. The summed E-state index contributed by atoms with van der Waals surface area (Å²) in [6.45, 7) is 2.34. The van der Waals surface area contributed by atoms with E-state index in [1.54, 1.807) is 0 Å². The number of nitrogens with zero attached hydrogens (tertiary/aromatic N) is 1. The number of hydrogen-bond donors (Lipinski definition) is 3. The number of benzene rings is 1. The Hall–Kier alpha value is -1.05. The number of likely N-dealkylation sites (N-methyl/N-ethyl adjacent to an activating group) is 1. The molecule has 1 heterocycles. The van der Waals surface area contributed by atoms with Crippen molar-refractivity contribution >= 4 is 30.7 Å². The zero-order chi connectivity index (χ0) is 15.9. The Labute approximate surface area is 155 Å². The van der Waals surface area contributed by atoms with Crippen LogP contribution in [0.2, 0.25) is 0 Å². The second-order valence-electron chi connectivity index (χ2n) is 5.83. The van der Waals surface area contributed by atoms with Crippen LogP contribution in [0.1, 0.15) is 12.0 Å². The number of carbonyl (C=O) groups is 1. The van der Waals surface area contributed by atoms with Crippen LogP contribution >= 0.6 is 24.8 Å². The minimum Gasteiger partial charge on any atom is -0.492 e. The molecule has 1 amide bonds. The number of halogens is 2. The predicted molar refractivity (Wildman–Crippen MR) is 99.2 cm³/mol. The highest BCUT2D eigenvalue weighted by Crippen LogP contribution is 2.18. The van der Waals surface area contributed by atoms with Gasteiger partial charge in [-0.15, -0.1) is 24.8 Å². The molecule has 1 fully saturated rings. The molecule has 3 N–H and O–H groups in total. The highest BCUT2D eigenvalue weighted by molar-refractivity contribution is 5.85. The molecule has 0 spiro atoms.